The molecule has 1 nitrogen and oxygen atoms in total. The second kappa shape index (κ2) is 13.2. The molecule has 0 amide bonds. The van der Waals surface area contributed by atoms with Gasteiger partial charge in [0.2, 0.25) is 0 Å². The minimum atomic E-state index is 0.564. The molecular weight excluding hydrogens is 673 g/mol. The van der Waals surface area contributed by atoms with E-state index in [2.05, 4.69) is 171 Å². The summed E-state index contributed by atoms with van der Waals surface area (Å²) >= 11 is 1.86. The quantitative estimate of drug-likeness (QED) is 0.173. The lowest BCUT2D eigenvalue weighted by Crippen LogP contribution is -1.97. The van der Waals surface area contributed by atoms with Gasteiger partial charge in [0.15, 0.2) is 0 Å². The third-order valence-electron chi connectivity index (χ3n) is 10.9. The highest BCUT2D eigenvalue weighted by molar-refractivity contribution is 7.25. The molecule has 8 aromatic carbocycles. The van der Waals surface area contributed by atoms with Crippen LogP contribution < -0.4 is 4.74 Å². The molecule has 0 fully saturated rings. The highest BCUT2D eigenvalue weighted by Gasteiger charge is 2.19. The van der Waals surface area contributed by atoms with Crippen LogP contribution in [0.5, 0.6) is 5.75 Å². The number of thiophene rings is 1. The van der Waals surface area contributed by atoms with Crippen molar-refractivity contribution in [3.05, 3.63) is 188 Å². The van der Waals surface area contributed by atoms with E-state index in [9.17, 15) is 0 Å². The van der Waals surface area contributed by atoms with E-state index in [4.69, 9.17) is 4.74 Å². The number of allylic oxidation sites excluding steroid dienone is 3. The van der Waals surface area contributed by atoms with Crippen molar-refractivity contribution in [3.8, 4) is 39.1 Å². The molecule has 0 atom stereocenters. The zero-order valence-corrected chi connectivity index (χ0v) is 30.6. The number of hydrogen-bond donors (Lipinski definition) is 0. The Morgan fingerprint density at radius 1 is 0.481 bits per heavy atom. The lowest BCUT2D eigenvalue weighted by molar-refractivity contribution is 0.364. The van der Waals surface area contributed by atoms with Crippen LogP contribution in [0.4, 0.5) is 0 Å². The largest absolute Gasteiger partial charge is 0.489 e. The Bertz CT molecular complexity index is 3050. The van der Waals surface area contributed by atoms with Crippen molar-refractivity contribution in [2.24, 2.45) is 0 Å². The monoisotopic (exact) mass is 708 g/mol. The van der Waals surface area contributed by atoms with Gasteiger partial charge in [0, 0.05) is 25.6 Å². The summed E-state index contributed by atoms with van der Waals surface area (Å²) in [5.41, 5.74) is 10.6. The molecular formula is C52H36OS. The fourth-order valence-electron chi connectivity index (χ4n) is 8.37. The van der Waals surface area contributed by atoms with Gasteiger partial charge in [0.1, 0.15) is 12.4 Å². The van der Waals surface area contributed by atoms with E-state index < -0.39 is 0 Å². The molecule has 54 heavy (non-hydrogen) atoms. The Morgan fingerprint density at radius 3 is 1.89 bits per heavy atom. The van der Waals surface area contributed by atoms with Crippen LogP contribution in [-0.4, -0.2) is 6.61 Å². The Balaban J connectivity index is 1.08. The Hall–Kier alpha value is -6.48. The SMILES string of the molecule is C=Cc1c(C=C)c(-c2ccc3cc(-c4ccc5sc6cc7ccc8c(c7cc6c5c4)OC/C=C\C=C/C8)ccc3c2)c2ccccc2c1-c1ccccc1. The Morgan fingerprint density at radius 2 is 1.11 bits per heavy atom. The summed E-state index contributed by atoms with van der Waals surface area (Å²) in [7, 11) is 0. The molecule has 0 saturated carbocycles. The van der Waals surface area contributed by atoms with Crippen molar-refractivity contribution < 1.29 is 4.74 Å². The zero-order valence-electron chi connectivity index (χ0n) is 29.8. The molecule has 9 aromatic rings. The standard InChI is InChI=1S/C52H36OS/c1-3-41-42(4-2)51(44-18-12-11-17-43(44)50(41)33-14-9-7-10-15-33)40-24-22-35-28-36(20-21-37(35)29-40)38-25-26-48-46(30-38)47-32-45-39(31-49(47)54-48)23-19-34-16-8-5-6-13-27-53-52(34)45/h3-15,17-26,28-32H,1-2,16,27H2/b8-5-,13-6-. The smallest absolute Gasteiger partial charge is 0.131 e. The molecule has 0 aliphatic carbocycles. The first-order chi connectivity index (χ1) is 26.7. The summed E-state index contributed by atoms with van der Waals surface area (Å²) in [4.78, 5) is 0. The highest BCUT2D eigenvalue weighted by Crippen LogP contribution is 2.45. The summed E-state index contributed by atoms with van der Waals surface area (Å²) in [5.74, 6) is 0.996. The van der Waals surface area contributed by atoms with Crippen molar-refractivity contribution >= 4 is 76.0 Å². The van der Waals surface area contributed by atoms with Gasteiger partial charge in [0.25, 0.3) is 0 Å². The van der Waals surface area contributed by atoms with Crippen LogP contribution in [0.1, 0.15) is 16.7 Å². The molecule has 0 bridgehead atoms. The number of fused-ring (bicyclic) bond motifs is 8. The first-order valence-corrected chi connectivity index (χ1v) is 19.3. The van der Waals surface area contributed by atoms with Gasteiger partial charge in [-0.3, -0.25) is 0 Å². The molecule has 1 aromatic heterocycles. The second-order valence-electron chi connectivity index (χ2n) is 14.0. The van der Waals surface area contributed by atoms with Crippen molar-refractivity contribution in [1.82, 2.24) is 0 Å². The molecule has 0 N–H and O–H groups in total. The van der Waals surface area contributed by atoms with E-state index in [-0.39, 0.29) is 0 Å². The zero-order chi connectivity index (χ0) is 36.2. The summed E-state index contributed by atoms with van der Waals surface area (Å²) in [6.07, 6.45) is 13.3. The number of hydrogen-bond acceptors (Lipinski definition) is 2. The van der Waals surface area contributed by atoms with Gasteiger partial charge in [0.05, 0.1) is 0 Å². The first kappa shape index (κ1) is 32.2. The summed E-state index contributed by atoms with van der Waals surface area (Å²) in [6, 6.07) is 49.1. The molecule has 10 rings (SSSR count). The van der Waals surface area contributed by atoms with E-state index in [0.717, 1.165) is 23.3 Å². The van der Waals surface area contributed by atoms with Crippen LogP contribution in [0.15, 0.2) is 171 Å². The predicted molar refractivity (Wildman–Crippen MR) is 236 cm³/mol. The van der Waals surface area contributed by atoms with Crippen molar-refractivity contribution in [2.45, 2.75) is 6.42 Å². The third kappa shape index (κ3) is 5.30. The molecule has 1 aliphatic heterocycles. The van der Waals surface area contributed by atoms with E-state index in [0.29, 0.717) is 6.61 Å². The van der Waals surface area contributed by atoms with Gasteiger partial charge >= 0.3 is 0 Å². The second-order valence-corrected chi connectivity index (χ2v) is 15.1. The fourth-order valence-corrected chi connectivity index (χ4v) is 9.49. The molecule has 2 heterocycles. The van der Waals surface area contributed by atoms with Gasteiger partial charge in [-0.25, -0.2) is 0 Å². The molecule has 0 unspecified atom stereocenters. The summed E-state index contributed by atoms with van der Waals surface area (Å²) in [6.45, 7) is 9.13. The molecule has 0 saturated heterocycles. The van der Waals surface area contributed by atoms with E-state index in [1.54, 1.807) is 0 Å². The highest BCUT2D eigenvalue weighted by atomic mass is 32.1. The summed E-state index contributed by atoms with van der Waals surface area (Å²) in [5, 5.41) is 9.79. The van der Waals surface area contributed by atoms with Gasteiger partial charge in [-0.05, 0) is 126 Å². The third-order valence-corrected chi connectivity index (χ3v) is 12.0. The maximum Gasteiger partial charge on any atom is 0.131 e. The van der Waals surface area contributed by atoms with Gasteiger partial charge in [-0.2, -0.15) is 0 Å². The van der Waals surface area contributed by atoms with E-state index >= 15 is 0 Å². The van der Waals surface area contributed by atoms with Crippen LogP contribution in [0.2, 0.25) is 0 Å². The Kier molecular flexibility index (Phi) is 7.86. The lowest BCUT2D eigenvalue weighted by atomic mass is 9.83. The van der Waals surface area contributed by atoms with Gasteiger partial charge in [-0.15, -0.1) is 11.3 Å². The minimum absolute atomic E-state index is 0.564. The fraction of sp³-hybridized carbons (Fsp3) is 0.0385. The molecule has 1 aliphatic rings. The van der Waals surface area contributed by atoms with Gasteiger partial charge < -0.3 is 4.74 Å². The number of benzene rings is 8. The molecule has 2 heteroatoms. The number of ether oxygens (including phenoxy) is 1. The predicted octanol–water partition coefficient (Wildman–Crippen LogP) is 14.8. The van der Waals surface area contributed by atoms with Crippen molar-refractivity contribution in [1.29, 1.82) is 0 Å². The average Bonchev–Trinajstić information content (AvgIpc) is 3.63. The van der Waals surface area contributed by atoms with Crippen LogP contribution in [-0.2, 0) is 6.42 Å². The van der Waals surface area contributed by atoms with Crippen molar-refractivity contribution in [3.63, 3.8) is 0 Å². The average molecular weight is 709 g/mol. The van der Waals surface area contributed by atoms with Gasteiger partial charge in [-0.1, -0.05) is 141 Å². The van der Waals surface area contributed by atoms with Crippen LogP contribution in [0.25, 0.3) is 98.0 Å². The molecule has 0 radical (unpaired) electrons. The van der Waals surface area contributed by atoms with Crippen LogP contribution in [0.3, 0.4) is 0 Å². The lowest BCUT2D eigenvalue weighted by Gasteiger charge is -2.20. The van der Waals surface area contributed by atoms with Crippen molar-refractivity contribution in [2.75, 3.05) is 6.61 Å². The normalized spacial score (nSPS) is 14.0. The number of rotatable bonds is 5. The molecule has 0 spiro atoms. The van der Waals surface area contributed by atoms with E-state index in [1.807, 2.05) is 23.5 Å². The molecule has 256 valence electrons. The summed E-state index contributed by atoms with van der Waals surface area (Å²) < 4.78 is 8.96. The first-order valence-electron chi connectivity index (χ1n) is 18.5. The van der Waals surface area contributed by atoms with Crippen LogP contribution >= 0.6 is 11.3 Å². The topological polar surface area (TPSA) is 9.23 Å². The van der Waals surface area contributed by atoms with E-state index in [1.165, 1.54) is 91.4 Å². The minimum Gasteiger partial charge on any atom is -0.489 e. The maximum atomic E-state index is 6.37. The Labute approximate surface area is 319 Å². The maximum absolute atomic E-state index is 6.37. The van der Waals surface area contributed by atoms with Crippen LogP contribution in [0, 0.1) is 0 Å².